The molecule has 1 unspecified atom stereocenters. The zero-order valence-electron chi connectivity index (χ0n) is 10.3. The first kappa shape index (κ1) is 12.4. The third-order valence-electron chi connectivity index (χ3n) is 2.89. The molecule has 0 spiro atoms. The Hall–Kier alpha value is -2.06. The number of rotatable bonds is 5. The normalized spacial score (nSPS) is 11.8. The summed E-state index contributed by atoms with van der Waals surface area (Å²) in [5.74, 6) is 0. The van der Waals surface area contributed by atoms with Crippen LogP contribution in [0.3, 0.4) is 0 Å². The molecule has 18 heavy (non-hydrogen) atoms. The van der Waals surface area contributed by atoms with Crippen molar-refractivity contribution in [3.63, 3.8) is 0 Å². The highest BCUT2D eigenvalue weighted by atomic mass is 14.9. The highest BCUT2D eigenvalue weighted by Gasteiger charge is 2.13. The minimum atomic E-state index is 0.0543. The van der Waals surface area contributed by atoms with E-state index in [0.717, 1.165) is 11.3 Å². The van der Waals surface area contributed by atoms with E-state index in [0.29, 0.717) is 6.54 Å². The Morgan fingerprint density at radius 1 is 1.00 bits per heavy atom. The van der Waals surface area contributed by atoms with Gasteiger partial charge in [0.25, 0.3) is 0 Å². The summed E-state index contributed by atoms with van der Waals surface area (Å²) < 4.78 is 0. The van der Waals surface area contributed by atoms with Crippen molar-refractivity contribution in [3.05, 3.63) is 78.4 Å². The predicted molar refractivity (Wildman–Crippen MR) is 77.4 cm³/mol. The second kappa shape index (κ2) is 6.03. The van der Waals surface area contributed by atoms with E-state index < -0.39 is 0 Å². The number of hydrogen-bond donors (Lipinski definition) is 2. The third-order valence-corrected chi connectivity index (χ3v) is 2.89. The summed E-state index contributed by atoms with van der Waals surface area (Å²) in [6.07, 6.45) is 0. The monoisotopic (exact) mass is 238 g/mol. The molecule has 0 bridgehead atoms. The van der Waals surface area contributed by atoms with Gasteiger partial charge in [0.05, 0.1) is 6.04 Å². The molecule has 0 saturated heterocycles. The minimum Gasteiger partial charge on any atom is -0.374 e. The van der Waals surface area contributed by atoms with Crippen molar-refractivity contribution in [1.29, 1.82) is 0 Å². The Morgan fingerprint density at radius 2 is 1.56 bits per heavy atom. The van der Waals surface area contributed by atoms with Gasteiger partial charge < -0.3 is 11.1 Å². The summed E-state index contributed by atoms with van der Waals surface area (Å²) in [5, 5.41) is 3.47. The molecule has 0 amide bonds. The quantitative estimate of drug-likeness (QED) is 0.784. The van der Waals surface area contributed by atoms with Gasteiger partial charge in [-0.05, 0) is 23.3 Å². The van der Waals surface area contributed by atoms with Gasteiger partial charge in [-0.15, -0.1) is 0 Å². The first-order chi connectivity index (χ1) is 8.81. The second-order valence-corrected chi connectivity index (χ2v) is 4.22. The lowest BCUT2D eigenvalue weighted by Gasteiger charge is -2.22. The first-order valence-electron chi connectivity index (χ1n) is 6.05. The molecule has 2 aromatic carbocycles. The molecule has 2 aromatic rings. The van der Waals surface area contributed by atoms with Crippen LogP contribution in [0.15, 0.2) is 72.8 Å². The molecule has 0 saturated carbocycles. The molecule has 0 radical (unpaired) electrons. The number of hydrogen-bond acceptors (Lipinski definition) is 2. The van der Waals surface area contributed by atoms with Gasteiger partial charge >= 0.3 is 0 Å². The van der Waals surface area contributed by atoms with Gasteiger partial charge in [0.15, 0.2) is 0 Å². The SMILES string of the molecule is C=C(CN)C(Nc1ccccc1)c1ccccc1. The standard InChI is InChI=1S/C16H18N2/c1-13(12-17)16(14-8-4-2-5-9-14)18-15-10-6-3-7-11-15/h2-11,16,18H,1,12,17H2. The molecule has 0 aliphatic carbocycles. The lowest BCUT2D eigenvalue weighted by atomic mass is 9.99. The van der Waals surface area contributed by atoms with E-state index in [-0.39, 0.29) is 6.04 Å². The molecule has 3 N–H and O–H groups in total. The van der Waals surface area contributed by atoms with Crippen molar-refractivity contribution >= 4 is 5.69 Å². The minimum absolute atomic E-state index is 0.0543. The van der Waals surface area contributed by atoms with E-state index in [1.807, 2.05) is 48.5 Å². The molecule has 2 nitrogen and oxygen atoms in total. The number of nitrogens with two attached hydrogens (primary N) is 1. The van der Waals surface area contributed by atoms with Crippen molar-refractivity contribution in [2.75, 3.05) is 11.9 Å². The number of benzene rings is 2. The third kappa shape index (κ3) is 2.99. The van der Waals surface area contributed by atoms with E-state index in [2.05, 4.69) is 24.0 Å². The molecule has 0 aromatic heterocycles. The Balaban J connectivity index is 2.24. The van der Waals surface area contributed by atoms with Crippen molar-refractivity contribution < 1.29 is 0 Å². The topological polar surface area (TPSA) is 38.0 Å². The maximum Gasteiger partial charge on any atom is 0.0736 e. The predicted octanol–water partition coefficient (Wildman–Crippen LogP) is 3.35. The summed E-state index contributed by atoms with van der Waals surface area (Å²) in [6.45, 7) is 4.53. The van der Waals surface area contributed by atoms with Crippen molar-refractivity contribution in [2.24, 2.45) is 5.73 Å². The van der Waals surface area contributed by atoms with E-state index in [9.17, 15) is 0 Å². The van der Waals surface area contributed by atoms with Crippen LogP contribution >= 0.6 is 0 Å². The molecule has 0 aliphatic heterocycles. The fraction of sp³-hybridized carbons (Fsp3) is 0.125. The van der Waals surface area contributed by atoms with Crippen LogP contribution in [0.4, 0.5) is 5.69 Å². The summed E-state index contributed by atoms with van der Waals surface area (Å²) in [7, 11) is 0. The zero-order chi connectivity index (χ0) is 12.8. The summed E-state index contributed by atoms with van der Waals surface area (Å²) in [4.78, 5) is 0. The largest absolute Gasteiger partial charge is 0.374 e. The number of para-hydroxylation sites is 1. The van der Waals surface area contributed by atoms with Gasteiger partial charge in [-0.2, -0.15) is 0 Å². The molecule has 1 atom stereocenters. The van der Waals surface area contributed by atoms with Crippen LogP contribution in [-0.4, -0.2) is 6.54 Å². The Kier molecular flexibility index (Phi) is 4.15. The van der Waals surface area contributed by atoms with Gasteiger partial charge in [0.1, 0.15) is 0 Å². The molecular formula is C16H18N2. The number of anilines is 1. The lowest BCUT2D eigenvalue weighted by molar-refractivity contribution is 0.877. The van der Waals surface area contributed by atoms with Crippen molar-refractivity contribution in [2.45, 2.75) is 6.04 Å². The van der Waals surface area contributed by atoms with Crippen LogP contribution < -0.4 is 11.1 Å². The highest BCUT2D eigenvalue weighted by molar-refractivity contribution is 5.48. The average molecular weight is 238 g/mol. The van der Waals surface area contributed by atoms with Gasteiger partial charge in [0.2, 0.25) is 0 Å². The maximum absolute atomic E-state index is 5.72. The summed E-state index contributed by atoms with van der Waals surface area (Å²) in [5.41, 5.74) is 8.95. The summed E-state index contributed by atoms with van der Waals surface area (Å²) >= 11 is 0. The molecule has 0 fully saturated rings. The van der Waals surface area contributed by atoms with Crippen LogP contribution in [0.5, 0.6) is 0 Å². The molecule has 0 aliphatic rings. The fourth-order valence-corrected chi connectivity index (χ4v) is 1.89. The Bertz CT molecular complexity index is 491. The lowest BCUT2D eigenvalue weighted by Crippen LogP contribution is -2.18. The summed E-state index contributed by atoms with van der Waals surface area (Å²) in [6, 6.07) is 20.4. The van der Waals surface area contributed by atoms with E-state index in [1.165, 1.54) is 5.56 Å². The van der Waals surface area contributed by atoms with Gasteiger partial charge in [-0.3, -0.25) is 0 Å². The second-order valence-electron chi connectivity index (χ2n) is 4.22. The van der Waals surface area contributed by atoms with Crippen molar-refractivity contribution in [3.8, 4) is 0 Å². The Labute approximate surface area is 108 Å². The van der Waals surface area contributed by atoms with E-state index in [4.69, 9.17) is 5.73 Å². The smallest absolute Gasteiger partial charge is 0.0736 e. The first-order valence-corrected chi connectivity index (χ1v) is 6.05. The maximum atomic E-state index is 5.72. The highest BCUT2D eigenvalue weighted by Crippen LogP contribution is 2.24. The van der Waals surface area contributed by atoms with Crippen LogP contribution in [-0.2, 0) is 0 Å². The van der Waals surface area contributed by atoms with Crippen LogP contribution in [0.1, 0.15) is 11.6 Å². The van der Waals surface area contributed by atoms with E-state index in [1.54, 1.807) is 0 Å². The fourth-order valence-electron chi connectivity index (χ4n) is 1.89. The molecule has 92 valence electrons. The molecule has 0 heterocycles. The molecular weight excluding hydrogens is 220 g/mol. The van der Waals surface area contributed by atoms with Crippen LogP contribution in [0.2, 0.25) is 0 Å². The van der Waals surface area contributed by atoms with Gasteiger partial charge in [0, 0.05) is 12.2 Å². The number of nitrogens with one attached hydrogen (secondary N) is 1. The average Bonchev–Trinajstić information content (AvgIpc) is 2.46. The van der Waals surface area contributed by atoms with Crippen LogP contribution in [0, 0.1) is 0 Å². The zero-order valence-corrected chi connectivity index (χ0v) is 10.3. The molecule has 2 rings (SSSR count). The van der Waals surface area contributed by atoms with Gasteiger partial charge in [-0.25, -0.2) is 0 Å². The van der Waals surface area contributed by atoms with Crippen molar-refractivity contribution in [1.82, 2.24) is 0 Å². The van der Waals surface area contributed by atoms with Crippen LogP contribution in [0.25, 0.3) is 0 Å². The van der Waals surface area contributed by atoms with Gasteiger partial charge in [-0.1, -0.05) is 55.1 Å². The van der Waals surface area contributed by atoms with E-state index >= 15 is 0 Å². The molecule has 2 heteroatoms. The Morgan fingerprint density at radius 3 is 2.11 bits per heavy atom.